The van der Waals surface area contributed by atoms with E-state index in [-0.39, 0.29) is 0 Å². The molecule has 2 nitrogen and oxygen atoms in total. The molecule has 2 rings (SSSR count). The van der Waals surface area contributed by atoms with Crippen LogP contribution in [0.1, 0.15) is 44.4 Å². The predicted octanol–water partition coefficient (Wildman–Crippen LogP) is 4.69. The molecule has 0 aliphatic carbocycles. The van der Waals surface area contributed by atoms with Gasteiger partial charge in [0.25, 0.3) is 0 Å². The van der Waals surface area contributed by atoms with Crippen LogP contribution in [0.3, 0.4) is 0 Å². The molecule has 1 unspecified atom stereocenters. The van der Waals surface area contributed by atoms with E-state index in [9.17, 15) is 0 Å². The van der Waals surface area contributed by atoms with Crippen LogP contribution in [0, 0.1) is 12.8 Å². The summed E-state index contributed by atoms with van der Waals surface area (Å²) in [6.45, 7) is 6.70. The summed E-state index contributed by atoms with van der Waals surface area (Å²) in [6, 6.07) is 5.91. The molecule has 0 spiro atoms. The Balaban J connectivity index is 2.16. The number of nitrogen functional groups attached to an aromatic ring is 1. The topological polar surface area (TPSA) is 39.2 Å². The summed E-state index contributed by atoms with van der Waals surface area (Å²) >= 11 is 0. The van der Waals surface area contributed by atoms with E-state index < -0.39 is 0 Å². The van der Waals surface area contributed by atoms with Crippen LogP contribution in [0.5, 0.6) is 0 Å². The quantitative estimate of drug-likeness (QED) is 0.776. The van der Waals surface area contributed by atoms with Gasteiger partial charge in [-0.3, -0.25) is 0 Å². The van der Waals surface area contributed by atoms with Gasteiger partial charge >= 0.3 is 0 Å². The van der Waals surface area contributed by atoms with E-state index in [1.807, 2.05) is 12.1 Å². The van der Waals surface area contributed by atoms with Crippen molar-refractivity contribution < 1.29 is 4.42 Å². The molecule has 0 saturated carbocycles. The van der Waals surface area contributed by atoms with Crippen molar-refractivity contribution in [2.75, 3.05) is 5.73 Å². The van der Waals surface area contributed by atoms with E-state index in [2.05, 4.69) is 26.8 Å². The Hall–Kier alpha value is -1.44. The first-order valence-corrected chi connectivity index (χ1v) is 6.89. The first-order valence-electron chi connectivity index (χ1n) is 6.89. The van der Waals surface area contributed by atoms with Gasteiger partial charge in [-0.25, -0.2) is 0 Å². The fourth-order valence-electron chi connectivity index (χ4n) is 2.55. The van der Waals surface area contributed by atoms with Gasteiger partial charge in [0.05, 0.1) is 0 Å². The minimum absolute atomic E-state index is 0.766. The van der Waals surface area contributed by atoms with E-state index in [1.165, 1.54) is 30.2 Å². The zero-order valence-corrected chi connectivity index (χ0v) is 11.6. The van der Waals surface area contributed by atoms with Crippen molar-refractivity contribution in [3.63, 3.8) is 0 Å². The van der Waals surface area contributed by atoms with Crippen molar-refractivity contribution in [2.24, 2.45) is 5.92 Å². The number of hydrogen-bond acceptors (Lipinski definition) is 2. The Morgan fingerprint density at radius 2 is 2.06 bits per heavy atom. The highest BCUT2D eigenvalue weighted by Crippen LogP contribution is 2.28. The third-order valence-electron chi connectivity index (χ3n) is 3.71. The molecule has 0 aliphatic heterocycles. The van der Waals surface area contributed by atoms with Gasteiger partial charge < -0.3 is 10.2 Å². The third-order valence-corrected chi connectivity index (χ3v) is 3.71. The molecule has 2 heteroatoms. The highest BCUT2D eigenvalue weighted by molar-refractivity contribution is 5.84. The highest BCUT2D eigenvalue weighted by Gasteiger charge is 2.11. The number of aryl methyl sites for hydroxylation is 2. The van der Waals surface area contributed by atoms with Crippen LogP contribution in [-0.4, -0.2) is 0 Å². The summed E-state index contributed by atoms with van der Waals surface area (Å²) in [7, 11) is 0. The van der Waals surface area contributed by atoms with Gasteiger partial charge in [0.15, 0.2) is 0 Å². The van der Waals surface area contributed by atoms with E-state index in [0.717, 1.165) is 29.4 Å². The van der Waals surface area contributed by atoms with Crippen LogP contribution in [-0.2, 0) is 6.42 Å². The monoisotopic (exact) mass is 245 g/mol. The number of furan rings is 1. The Kier molecular flexibility index (Phi) is 3.95. The minimum atomic E-state index is 0.766. The van der Waals surface area contributed by atoms with Gasteiger partial charge in [-0.15, -0.1) is 0 Å². The molecule has 98 valence electrons. The number of hydrogen-bond donors (Lipinski definition) is 1. The lowest BCUT2D eigenvalue weighted by atomic mass is 9.98. The van der Waals surface area contributed by atoms with Crippen LogP contribution in [0.25, 0.3) is 11.0 Å². The van der Waals surface area contributed by atoms with Crippen molar-refractivity contribution in [3.05, 3.63) is 29.5 Å². The number of anilines is 1. The van der Waals surface area contributed by atoms with Crippen molar-refractivity contribution >= 4 is 16.7 Å². The van der Waals surface area contributed by atoms with Gasteiger partial charge in [0.2, 0.25) is 0 Å². The maximum absolute atomic E-state index is 5.93. The maximum Gasteiger partial charge on any atom is 0.136 e. The van der Waals surface area contributed by atoms with Crippen molar-refractivity contribution in [1.29, 1.82) is 0 Å². The Morgan fingerprint density at radius 1 is 1.28 bits per heavy atom. The Bertz CT molecular complexity index is 527. The van der Waals surface area contributed by atoms with Gasteiger partial charge in [0, 0.05) is 23.6 Å². The van der Waals surface area contributed by atoms with Crippen LogP contribution in [0.4, 0.5) is 5.69 Å². The molecule has 0 aliphatic rings. The predicted molar refractivity (Wildman–Crippen MR) is 77.8 cm³/mol. The lowest BCUT2D eigenvalue weighted by Gasteiger charge is -2.08. The molecular weight excluding hydrogens is 222 g/mol. The van der Waals surface area contributed by atoms with E-state index in [1.54, 1.807) is 0 Å². The molecule has 0 bridgehead atoms. The number of fused-ring (bicyclic) bond motifs is 1. The molecule has 18 heavy (non-hydrogen) atoms. The summed E-state index contributed by atoms with van der Waals surface area (Å²) in [5.41, 5.74) is 8.74. The fourth-order valence-corrected chi connectivity index (χ4v) is 2.55. The van der Waals surface area contributed by atoms with Crippen LogP contribution in [0.2, 0.25) is 0 Å². The maximum atomic E-state index is 5.93. The molecule has 1 aromatic heterocycles. The van der Waals surface area contributed by atoms with Crippen molar-refractivity contribution in [2.45, 2.75) is 46.5 Å². The molecule has 0 amide bonds. The van der Waals surface area contributed by atoms with Gasteiger partial charge in [-0.1, -0.05) is 26.7 Å². The number of nitrogens with two attached hydrogens (primary N) is 1. The molecular formula is C16H23NO. The first-order chi connectivity index (χ1) is 8.61. The summed E-state index contributed by atoms with van der Waals surface area (Å²) in [5.74, 6) is 1.89. The van der Waals surface area contributed by atoms with Gasteiger partial charge in [0.1, 0.15) is 11.3 Å². The second kappa shape index (κ2) is 5.47. The smallest absolute Gasteiger partial charge is 0.136 e. The third kappa shape index (κ3) is 2.69. The van der Waals surface area contributed by atoms with E-state index in [4.69, 9.17) is 10.2 Å². The summed E-state index contributed by atoms with van der Waals surface area (Å²) in [6.07, 6.45) is 4.79. The highest BCUT2D eigenvalue weighted by atomic mass is 16.3. The average molecular weight is 245 g/mol. The molecule has 0 fully saturated rings. The second-order valence-corrected chi connectivity index (χ2v) is 5.34. The second-order valence-electron chi connectivity index (χ2n) is 5.34. The van der Waals surface area contributed by atoms with Crippen molar-refractivity contribution in [3.8, 4) is 0 Å². The van der Waals surface area contributed by atoms with E-state index >= 15 is 0 Å². The Labute approximate surface area is 109 Å². The zero-order chi connectivity index (χ0) is 13.1. The molecule has 0 radical (unpaired) electrons. The van der Waals surface area contributed by atoms with E-state index in [0.29, 0.717) is 0 Å². The average Bonchev–Trinajstić information content (AvgIpc) is 2.63. The fraction of sp³-hybridized carbons (Fsp3) is 0.500. The van der Waals surface area contributed by atoms with Crippen LogP contribution >= 0.6 is 0 Å². The normalized spacial score (nSPS) is 13.1. The summed E-state index contributed by atoms with van der Waals surface area (Å²) < 4.78 is 5.93. The largest absolute Gasteiger partial charge is 0.461 e. The van der Waals surface area contributed by atoms with Gasteiger partial charge in [-0.05, 0) is 37.0 Å². The summed E-state index contributed by atoms with van der Waals surface area (Å²) in [4.78, 5) is 0. The SMILES string of the molecule is CCCC(C)CCc1oc2cc(N)ccc2c1C. The standard InChI is InChI=1S/C16H23NO/c1-4-5-11(2)6-9-15-12(3)14-8-7-13(17)10-16(14)18-15/h7-8,10-11H,4-6,9,17H2,1-3H3. The van der Waals surface area contributed by atoms with Crippen LogP contribution in [0.15, 0.2) is 22.6 Å². The number of rotatable bonds is 5. The zero-order valence-electron chi connectivity index (χ0n) is 11.6. The number of benzene rings is 1. The van der Waals surface area contributed by atoms with Crippen LogP contribution < -0.4 is 5.73 Å². The molecule has 0 saturated heterocycles. The molecule has 2 N–H and O–H groups in total. The van der Waals surface area contributed by atoms with Gasteiger partial charge in [-0.2, -0.15) is 0 Å². The first kappa shape index (κ1) is 13.0. The molecule has 1 heterocycles. The molecule has 1 atom stereocenters. The Morgan fingerprint density at radius 3 is 2.78 bits per heavy atom. The minimum Gasteiger partial charge on any atom is -0.461 e. The summed E-state index contributed by atoms with van der Waals surface area (Å²) in [5, 5.41) is 1.20. The lowest BCUT2D eigenvalue weighted by molar-refractivity contribution is 0.451. The molecule has 1 aromatic carbocycles. The van der Waals surface area contributed by atoms with Crippen molar-refractivity contribution in [1.82, 2.24) is 0 Å². The lowest BCUT2D eigenvalue weighted by Crippen LogP contribution is -1.96. The molecule has 2 aromatic rings.